The highest BCUT2D eigenvalue weighted by Gasteiger charge is 2.46. The van der Waals surface area contributed by atoms with Crippen molar-refractivity contribution in [3.05, 3.63) is 22.7 Å². The topological polar surface area (TPSA) is 248 Å². The number of esters is 1. The Hall–Kier alpha value is -1.75. The molecule has 7 atom stereocenters. The van der Waals surface area contributed by atoms with Gasteiger partial charge in [-0.2, -0.15) is 9.29 Å². The lowest BCUT2D eigenvalue weighted by molar-refractivity contribution is -0.154. The van der Waals surface area contributed by atoms with E-state index in [1.165, 1.54) is 109 Å². The van der Waals surface area contributed by atoms with Crippen LogP contribution in [0.2, 0.25) is 0 Å². The summed E-state index contributed by atoms with van der Waals surface area (Å²) in [6.07, 6.45) is 20.6. The zero-order valence-corrected chi connectivity index (χ0v) is 37.4. The van der Waals surface area contributed by atoms with Crippen LogP contribution >= 0.6 is 15.6 Å². The van der Waals surface area contributed by atoms with E-state index in [4.69, 9.17) is 29.0 Å². The molecule has 1 aromatic rings. The number of hydrogen-bond acceptors (Lipinski definition) is 14. The highest BCUT2D eigenvalue weighted by molar-refractivity contribution is 7.61. The molecule has 0 amide bonds. The molecule has 0 radical (unpaired) electrons. The van der Waals surface area contributed by atoms with Crippen LogP contribution in [-0.2, 0) is 41.5 Å². The number of aromatic nitrogens is 2. The third-order valence-corrected chi connectivity index (χ3v) is 12.8. The summed E-state index contributed by atoms with van der Waals surface area (Å²) >= 11 is 0. The SMILES string of the molecule is CCCCCCCCCCCCCCOCC(COP(=O)(O)OP(=O)(O)OCC1OC(n2ccc(N)nc2=O)C(O)C1O)OC(=O)CCCCCCCCCCCCC. The molecule has 0 bridgehead atoms. The van der Waals surface area contributed by atoms with Gasteiger partial charge >= 0.3 is 27.3 Å². The average molecular weight is 884 g/mol. The van der Waals surface area contributed by atoms with Crippen LogP contribution in [0.3, 0.4) is 0 Å². The van der Waals surface area contributed by atoms with Gasteiger partial charge in [0.2, 0.25) is 0 Å². The second-order valence-corrected chi connectivity index (χ2v) is 18.6. The number of hydrogen-bond donors (Lipinski definition) is 5. The van der Waals surface area contributed by atoms with Crippen LogP contribution in [0.1, 0.15) is 174 Å². The molecule has 2 heterocycles. The first-order valence-corrected chi connectivity index (χ1v) is 25.1. The molecular formula is C40H75N3O14P2. The molecule has 7 unspecified atom stereocenters. The fourth-order valence-corrected chi connectivity index (χ4v) is 8.90. The Morgan fingerprint density at radius 1 is 0.763 bits per heavy atom. The van der Waals surface area contributed by atoms with E-state index in [-0.39, 0.29) is 18.8 Å². The molecule has 59 heavy (non-hydrogen) atoms. The zero-order chi connectivity index (χ0) is 43.4. The average Bonchev–Trinajstić information content (AvgIpc) is 3.46. The summed E-state index contributed by atoms with van der Waals surface area (Å²) in [5, 5.41) is 20.8. The number of rotatable bonds is 37. The van der Waals surface area contributed by atoms with Crippen molar-refractivity contribution in [2.24, 2.45) is 0 Å². The molecule has 0 aromatic carbocycles. The maximum absolute atomic E-state index is 12.8. The molecule has 1 saturated heterocycles. The normalized spacial score (nSPS) is 20.6. The van der Waals surface area contributed by atoms with Crippen molar-refractivity contribution in [2.75, 3.05) is 32.2 Å². The minimum Gasteiger partial charge on any atom is -0.457 e. The third kappa shape index (κ3) is 24.5. The summed E-state index contributed by atoms with van der Waals surface area (Å²) in [6.45, 7) is 3.09. The van der Waals surface area contributed by atoms with Crippen molar-refractivity contribution in [3.8, 4) is 0 Å². The minimum absolute atomic E-state index is 0.0837. The maximum Gasteiger partial charge on any atom is 0.481 e. The molecular weight excluding hydrogens is 808 g/mol. The molecule has 0 aliphatic carbocycles. The van der Waals surface area contributed by atoms with Crippen LogP contribution < -0.4 is 11.4 Å². The number of carbonyl (C=O) groups excluding carboxylic acids is 1. The van der Waals surface area contributed by atoms with Gasteiger partial charge in [0.05, 0.1) is 19.8 Å². The van der Waals surface area contributed by atoms with E-state index in [1.54, 1.807) is 0 Å². The lowest BCUT2D eigenvalue weighted by atomic mass is 10.1. The molecule has 1 fully saturated rings. The lowest BCUT2D eigenvalue weighted by Crippen LogP contribution is -2.36. The summed E-state index contributed by atoms with van der Waals surface area (Å²) < 4.78 is 57.2. The third-order valence-electron chi connectivity index (χ3n) is 10.2. The van der Waals surface area contributed by atoms with E-state index >= 15 is 0 Å². The van der Waals surface area contributed by atoms with Crippen molar-refractivity contribution < 1.29 is 61.5 Å². The number of unbranched alkanes of at least 4 members (excludes halogenated alkanes) is 21. The molecule has 19 heteroatoms. The van der Waals surface area contributed by atoms with E-state index in [1.807, 2.05) is 0 Å². The molecule has 1 aliphatic heterocycles. The summed E-state index contributed by atoms with van der Waals surface area (Å²) in [5.41, 5.74) is 4.60. The van der Waals surface area contributed by atoms with E-state index in [0.29, 0.717) is 13.0 Å². The molecule has 0 saturated carbocycles. The second kappa shape index (κ2) is 31.1. The van der Waals surface area contributed by atoms with Gasteiger partial charge in [-0.1, -0.05) is 149 Å². The van der Waals surface area contributed by atoms with Crippen LogP contribution in [0.15, 0.2) is 17.1 Å². The summed E-state index contributed by atoms with van der Waals surface area (Å²) in [5.74, 6) is -0.611. The number of aliphatic hydroxyl groups excluding tert-OH is 2. The van der Waals surface area contributed by atoms with E-state index in [0.717, 1.165) is 49.5 Å². The fourth-order valence-electron chi connectivity index (χ4n) is 6.79. The Morgan fingerprint density at radius 2 is 1.25 bits per heavy atom. The van der Waals surface area contributed by atoms with Gasteiger partial charge in [0.25, 0.3) is 0 Å². The van der Waals surface area contributed by atoms with Crippen LogP contribution in [-0.4, -0.2) is 86.4 Å². The van der Waals surface area contributed by atoms with Crippen LogP contribution in [0.25, 0.3) is 0 Å². The number of anilines is 1. The van der Waals surface area contributed by atoms with Crippen molar-refractivity contribution >= 4 is 27.4 Å². The first kappa shape index (κ1) is 53.4. The van der Waals surface area contributed by atoms with Crippen LogP contribution in [0.5, 0.6) is 0 Å². The first-order valence-electron chi connectivity index (χ1n) is 22.1. The highest BCUT2D eigenvalue weighted by Crippen LogP contribution is 2.60. The van der Waals surface area contributed by atoms with Crippen molar-refractivity contribution in [3.63, 3.8) is 0 Å². The molecule has 344 valence electrons. The molecule has 1 aromatic heterocycles. The first-order chi connectivity index (χ1) is 28.3. The quantitative estimate of drug-likeness (QED) is 0.0241. The van der Waals surface area contributed by atoms with Gasteiger partial charge in [0.1, 0.15) is 30.2 Å². The maximum atomic E-state index is 12.8. The van der Waals surface area contributed by atoms with Gasteiger partial charge in [0.15, 0.2) is 6.23 Å². The Balaban J connectivity index is 1.81. The van der Waals surface area contributed by atoms with Crippen LogP contribution in [0.4, 0.5) is 5.82 Å². The Bertz CT molecular complexity index is 1420. The van der Waals surface area contributed by atoms with Gasteiger partial charge < -0.3 is 39.9 Å². The smallest absolute Gasteiger partial charge is 0.457 e. The fraction of sp³-hybridized carbons (Fsp3) is 0.875. The molecule has 6 N–H and O–H groups in total. The van der Waals surface area contributed by atoms with Crippen LogP contribution in [0, 0.1) is 0 Å². The monoisotopic (exact) mass is 883 g/mol. The minimum atomic E-state index is -5.34. The number of phosphoric acid groups is 2. The zero-order valence-electron chi connectivity index (χ0n) is 35.6. The van der Waals surface area contributed by atoms with Crippen molar-refractivity contribution in [2.45, 2.75) is 199 Å². The number of carbonyl (C=O) groups is 1. The molecule has 2 rings (SSSR count). The van der Waals surface area contributed by atoms with Gasteiger partial charge in [-0.3, -0.25) is 18.4 Å². The number of nitrogens with zero attached hydrogens (tertiary/aromatic N) is 2. The number of nitrogen functional groups attached to an aromatic ring is 1. The predicted molar refractivity (Wildman–Crippen MR) is 224 cm³/mol. The highest BCUT2D eigenvalue weighted by atomic mass is 31.3. The second-order valence-electron chi connectivity index (χ2n) is 15.6. The predicted octanol–water partition coefficient (Wildman–Crippen LogP) is 8.03. The van der Waals surface area contributed by atoms with Gasteiger partial charge in [-0.05, 0) is 18.9 Å². The standard InChI is InChI=1S/C40H75N3O14P2/c1-3-5-7-9-11-13-15-17-19-21-23-25-29-52-30-33(55-36(44)26-24-22-20-18-16-14-12-10-8-6-4-2)31-53-58(48,49)57-59(50,51)54-32-34-37(45)38(46)39(56-34)43-28-27-35(41)42-40(43)47/h27-28,33-34,37-39,45-46H,3-26,29-32H2,1-2H3,(H,48,49)(H,50,51)(H2,41,42,47). The largest absolute Gasteiger partial charge is 0.481 e. The van der Waals surface area contributed by atoms with Crippen molar-refractivity contribution in [1.82, 2.24) is 9.55 Å². The Labute approximate surface area is 351 Å². The number of nitrogens with two attached hydrogens (primary N) is 1. The van der Waals surface area contributed by atoms with Crippen molar-refractivity contribution in [1.29, 1.82) is 0 Å². The molecule has 0 spiro atoms. The lowest BCUT2D eigenvalue weighted by Gasteiger charge is -2.21. The Morgan fingerprint density at radius 3 is 1.78 bits per heavy atom. The number of aliphatic hydroxyl groups is 2. The Kier molecular flexibility index (Phi) is 28.2. The summed E-state index contributed by atoms with van der Waals surface area (Å²) in [6, 6.07) is 1.26. The number of phosphoric ester groups is 2. The molecule has 17 nitrogen and oxygen atoms in total. The molecule has 1 aliphatic rings. The van der Waals surface area contributed by atoms with E-state index in [2.05, 4.69) is 23.1 Å². The van der Waals surface area contributed by atoms with Gasteiger partial charge in [0, 0.05) is 19.2 Å². The summed E-state index contributed by atoms with van der Waals surface area (Å²) in [7, 11) is -10.6. The number of ether oxygens (including phenoxy) is 3. The van der Waals surface area contributed by atoms with E-state index in [9.17, 15) is 38.7 Å². The van der Waals surface area contributed by atoms with E-state index < -0.39 is 71.2 Å². The van der Waals surface area contributed by atoms with Gasteiger partial charge in [-0.15, -0.1) is 0 Å². The van der Waals surface area contributed by atoms with Gasteiger partial charge in [-0.25, -0.2) is 13.9 Å². The summed E-state index contributed by atoms with van der Waals surface area (Å²) in [4.78, 5) is 49.0.